The number of ether oxygens (including phenoxy) is 1. The molecule has 2 rings (SSSR count). The SMILES string of the molecule is Cn1cc(COc2cc(F)cc(C#CCCl)c2)cn1. The number of alkyl halides is 1. The van der Waals surface area contributed by atoms with E-state index in [4.69, 9.17) is 16.3 Å². The van der Waals surface area contributed by atoms with E-state index in [1.54, 1.807) is 16.9 Å². The lowest BCUT2D eigenvalue weighted by molar-refractivity contribution is 0.304. The van der Waals surface area contributed by atoms with E-state index in [0.717, 1.165) is 5.56 Å². The molecule has 0 saturated heterocycles. The Kier molecular flexibility index (Phi) is 4.43. The number of hydrogen-bond donors (Lipinski definition) is 0. The van der Waals surface area contributed by atoms with Crippen LogP contribution in [0.4, 0.5) is 4.39 Å². The molecule has 2 aromatic rings. The summed E-state index contributed by atoms with van der Waals surface area (Å²) in [7, 11) is 1.82. The van der Waals surface area contributed by atoms with E-state index in [0.29, 0.717) is 17.9 Å². The molecule has 0 radical (unpaired) electrons. The minimum atomic E-state index is -0.387. The number of aryl methyl sites for hydroxylation is 1. The molecule has 0 spiro atoms. The molecule has 1 aromatic heterocycles. The Balaban J connectivity index is 2.09. The molecule has 0 bridgehead atoms. The van der Waals surface area contributed by atoms with E-state index in [-0.39, 0.29) is 11.7 Å². The van der Waals surface area contributed by atoms with Crippen LogP contribution in [0.5, 0.6) is 5.75 Å². The molecule has 0 unspecified atom stereocenters. The van der Waals surface area contributed by atoms with E-state index in [1.165, 1.54) is 12.1 Å². The molecule has 1 aromatic carbocycles. The van der Waals surface area contributed by atoms with Crippen molar-refractivity contribution in [3.63, 3.8) is 0 Å². The maximum Gasteiger partial charge on any atom is 0.128 e. The Bertz CT molecular complexity index is 628. The van der Waals surface area contributed by atoms with Crippen LogP contribution in [-0.2, 0) is 13.7 Å². The molecule has 0 amide bonds. The minimum Gasteiger partial charge on any atom is -0.489 e. The van der Waals surface area contributed by atoms with E-state index >= 15 is 0 Å². The summed E-state index contributed by atoms with van der Waals surface area (Å²) < 4.78 is 20.6. The fourth-order valence-corrected chi connectivity index (χ4v) is 1.63. The van der Waals surface area contributed by atoms with Crippen molar-refractivity contribution in [3.05, 3.63) is 47.5 Å². The number of aromatic nitrogens is 2. The van der Waals surface area contributed by atoms with Gasteiger partial charge in [0.25, 0.3) is 0 Å². The van der Waals surface area contributed by atoms with E-state index in [1.807, 2.05) is 13.2 Å². The lowest BCUT2D eigenvalue weighted by Gasteiger charge is -2.05. The third-order valence-corrected chi connectivity index (χ3v) is 2.47. The number of rotatable bonds is 3. The Labute approximate surface area is 116 Å². The van der Waals surface area contributed by atoms with Gasteiger partial charge in [-0.2, -0.15) is 5.10 Å². The van der Waals surface area contributed by atoms with Gasteiger partial charge in [-0.15, -0.1) is 11.6 Å². The van der Waals surface area contributed by atoms with Gasteiger partial charge in [0.1, 0.15) is 18.2 Å². The smallest absolute Gasteiger partial charge is 0.128 e. The van der Waals surface area contributed by atoms with Crippen LogP contribution in [0.1, 0.15) is 11.1 Å². The van der Waals surface area contributed by atoms with E-state index < -0.39 is 0 Å². The fraction of sp³-hybridized carbons (Fsp3) is 0.214. The van der Waals surface area contributed by atoms with Crippen molar-refractivity contribution >= 4 is 11.6 Å². The van der Waals surface area contributed by atoms with Crippen molar-refractivity contribution < 1.29 is 9.13 Å². The van der Waals surface area contributed by atoms with E-state index in [9.17, 15) is 4.39 Å². The first kappa shape index (κ1) is 13.4. The van der Waals surface area contributed by atoms with Gasteiger partial charge in [0.15, 0.2) is 0 Å². The summed E-state index contributed by atoms with van der Waals surface area (Å²) in [5.41, 5.74) is 1.46. The van der Waals surface area contributed by atoms with Crippen LogP contribution in [-0.4, -0.2) is 15.7 Å². The summed E-state index contributed by atoms with van der Waals surface area (Å²) in [5.74, 6) is 5.69. The number of nitrogens with zero attached hydrogens (tertiary/aromatic N) is 2. The van der Waals surface area contributed by atoms with Crippen molar-refractivity contribution in [2.75, 3.05) is 5.88 Å². The van der Waals surface area contributed by atoms with Gasteiger partial charge in [-0.25, -0.2) is 4.39 Å². The fourth-order valence-electron chi connectivity index (χ4n) is 1.57. The van der Waals surface area contributed by atoms with Gasteiger partial charge in [0.2, 0.25) is 0 Å². The highest BCUT2D eigenvalue weighted by atomic mass is 35.5. The average Bonchev–Trinajstić information content (AvgIpc) is 2.79. The van der Waals surface area contributed by atoms with E-state index in [2.05, 4.69) is 16.9 Å². The molecule has 0 aliphatic carbocycles. The molecule has 0 N–H and O–H groups in total. The number of hydrogen-bond acceptors (Lipinski definition) is 2. The first-order valence-corrected chi connectivity index (χ1v) is 6.16. The molecule has 1 heterocycles. The van der Waals surface area contributed by atoms with Crippen molar-refractivity contribution in [2.45, 2.75) is 6.61 Å². The predicted molar refractivity (Wildman–Crippen MR) is 71.5 cm³/mol. The molecule has 0 saturated carbocycles. The summed E-state index contributed by atoms with van der Waals surface area (Å²) in [6.45, 7) is 0.333. The van der Waals surface area contributed by atoms with Gasteiger partial charge in [-0.1, -0.05) is 11.8 Å². The van der Waals surface area contributed by atoms with Crippen LogP contribution >= 0.6 is 11.6 Å². The van der Waals surface area contributed by atoms with Crippen molar-refractivity contribution in [1.82, 2.24) is 9.78 Å². The largest absolute Gasteiger partial charge is 0.489 e. The van der Waals surface area contributed by atoms with Crippen molar-refractivity contribution in [2.24, 2.45) is 7.05 Å². The number of benzene rings is 1. The summed E-state index contributed by atoms with van der Waals surface area (Å²) >= 11 is 5.47. The zero-order chi connectivity index (χ0) is 13.7. The van der Waals surface area contributed by atoms with Gasteiger partial charge in [-0.3, -0.25) is 4.68 Å². The topological polar surface area (TPSA) is 27.1 Å². The van der Waals surface area contributed by atoms with Crippen LogP contribution in [0.15, 0.2) is 30.6 Å². The van der Waals surface area contributed by atoms with Gasteiger partial charge in [0.05, 0.1) is 12.1 Å². The molecule has 0 fully saturated rings. The third kappa shape index (κ3) is 4.01. The quantitative estimate of drug-likeness (QED) is 0.638. The Morgan fingerprint density at radius 1 is 1.42 bits per heavy atom. The molecule has 98 valence electrons. The highest BCUT2D eigenvalue weighted by molar-refractivity contribution is 6.19. The van der Waals surface area contributed by atoms with Crippen LogP contribution in [0.3, 0.4) is 0 Å². The first-order chi connectivity index (χ1) is 9.17. The molecular weight excluding hydrogens is 267 g/mol. The van der Waals surface area contributed by atoms with Crippen molar-refractivity contribution in [3.8, 4) is 17.6 Å². The molecule has 0 aliphatic rings. The normalized spacial score (nSPS) is 9.84. The van der Waals surface area contributed by atoms with Crippen LogP contribution in [0, 0.1) is 17.7 Å². The zero-order valence-electron chi connectivity index (χ0n) is 10.4. The summed E-state index contributed by atoms with van der Waals surface area (Å²) in [4.78, 5) is 0. The maximum absolute atomic E-state index is 13.4. The lowest BCUT2D eigenvalue weighted by atomic mass is 10.2. The zero-order valence-corrected chi connectivity index (χ0v) is 11.1. The highest BCUT2D eigenvalue weighted by Gasteiger charge is 2.02. The molecule has 3 nitrogen and oxygen atoms in total. The minimum absolute atomic E-state index is 0.211. The molecular formula is C14H12ClFN2O. The standard InChI is InChI=1S/C14H12ClFN2O/c1-18-9-12(8-17-18)10-19-14-6-11(3-2-4-15)5-13(16)7-14/h5-9H,4,10H2,1H3. The highest BCUT2D eigenvalue weighted by Crippen LogP contribution is 2.17. The summed E-state index contributed by atoms with van der Waals surface area (Å²) in [5, 5.41) is 4.03. The third-order valence-electron chi connectivity index (χ3n) is 2.33. The average molecular weight is 279 g/mol. The van der Waals surface area contributed by atoms with Gasteiger partial charge in [-0.05, 0) is 12.1 Å². The summed E-state index contributed by atoms with van der Waals surface area (Å²) in [6.07, 6.45) is 3.54. The second kappa shape index (κ2) is 6.26. The Morgan fingerprint density at radius 3 is 2.95 bits per heavy atom. The van der Waals surface area contributed by atoms with Crippen molar-refractivity contribution in [1.29, 1.82) is 0 Å². The van der Waals surface area contributed by atoms with Gasteiger partial charge >= 0.3 is 0 Å². The molecule has 19 heavy (non-hydrogen) atoms. The first-order valence-electron chi connectivity index (χ1n) is 5.63. The Morgan fingerprint density at radius 2 is 2.26 bits per heavy atom. The predicted octanol–water partition coefficient (Wildman–Crippen LogP) is 2.73. The summed E-state index contributed by atoms with van der Waals surface area (Å²) in [6, 6.07) is 4.34. The van der Waals surface area contributed by atoms with Crippen LogP contribution < -0.4 is 4.74 Å². The van der Waals surface area contributed by atoms with Crippen LogP contribution in [0.2, 0.25) is 0 Å². The second-order valence-corrected chi connectivity index (χ2v) is 4.19. The lowest BCUT2D eigenvalue weighted by Crippen LogP contribution is -1.95. The monoisotopic (exact) mass is 278 g/mol. The maximum atomic E-state index is 13.4. The van der Waals surface area contributed by atoms with Gasteiger partial charge < -0.3 is 4.74 Å². The van der Waals surface area contributed by atoms with Crippen LogP contribution in [0.25, 0.3) is 0 Å². The molecule has 5 heteroatoms. The Hall–Kier alpha value is -1.99. The van der Waals surface area contributed by atoms with Gasteiger partial charge in [0, 0.05) is 30.4 Å². The molecule has 0 atom stereocenters. The number of halogens is 2. The molecule has 0 aliphatic heterocycles. The second-order valence-electron chi connectivity index (χ2n) is 3.92.